The van der Waals surface area contributed by atoms with Crippen LogP contribution >= 0.6 is 0 Å². The predicted octanol–water partition coefficient (Wildman–Crippen LogP) is 2.71. The van der Waals surface area contributed by atoms with Gasteiger partial charge in [-0.2, -0.15) is 0 Å². The van der Waals surface area contributed by atoms with Gasteiger partial charge < -0.3 is 5.32 Å². The van der Waals surface area contributed by atoms with Crippen LogP contribution in [0.25, 0.3) is 0 Å². The Balaban J connectivity index is 2.41. The average Bonchev–Trinajstić information content (AvgIpc) is 2.41. The Morgan fingerprint density at radius 2 is 1.60 bits per heavy atom. The molecular weight excluding hydrogens is 270 g/mol. The quantitative estimate of drug-likeness (QED) is 0.941. The molecule has 0 aliphatic carbocycles. The molecule has 0 radical (unpaired) electrons. The molecule has 0 bridgehead atoms. The van der Waals surface area contributed by atoms with Crippen molar-refractivity contribution in [3.8, 4) is 0 Å². The molecule has 1 atom stereocenters. The van der Waals surface area contributed by atoms with Crippen molar-refractivity contribution in [2.45, 2.75) is 17.9 Å². The first-order valence-corrected chi connectivity index (χ1v) is 8.35. The largest absolute Gasteiger partial charge is 0.309 e. The minimum Gasteiger partial charge on any atom is -0.309 e. The molecule has 0 aliphatic rings. The van der Waals surface area contributed by atoms with Gasteiger partial charge in [0.2, 0.25) is 0 Å². The summed E-state index contributed by atoms with van der Waals surface area (Å²) in [6.45, 7) is 2.07. The van der Waals surface area contributed by atoms with Crippen molar-refractivity contribution in [2.24, 2.45) is 0 Å². The first-order chi connectivity index (χ1) is 9.43. The fourth-order valence-electron chi connectivity index (χ4n) is 2.32. The molecule has 20 heavy (non-hydrogen) atoms. The van der Waals surface area contributed by atoms with Crippen molar-refractivity contribution in [1.82, 2.24) is 5.32 Å². The van der Waals surface area contributed by atoms with Crippen molar-refractivity contribution < 1.29 is 8.42 Å². The molecule has 0 fully saturated rings. The van der Waals surface area contributed by atoms with E-state index in [9.17, 15) is 8.42 Å². The van der Waals surface area contributed by atoms with Gasteiger partial charge in [0.25, 0.3) is 0 Å². The number of hydrogen-bond donors (Lipinski definition) is 1. The van der Waals surface area contributed by atoms with Gasteiger partial charge in [-0.15, -0.1) is 0 Å². The molecule has 1 N–H and O–H groups in total. The summed E-state index contributed by atoms with van der Waals surface area (Å²) in [5.41, 5.74) is 3.45. The lowest BCUT2D eigenvalue weighted by Gasteiger charge is -2.19. The van der Waals surface area contributed by atoms with Gasteiger partial charge in [-0.05, 0) is 42.8 Å². The van der Waals surface area contributed by atoms with E-state index in [1.54, 1.807) is 12.1 Å². The van der Waals surface area contributed by atoms with Gasteiger partial charge in [0.1, 0.15) is 0 Å². The Hall–Kier alpha value is -1.65. The lowest BCUT2D eigenvalue weighted by molar-refractivity contribution is 0.601. The molecule has 0 aliphatic heterocycles. The second-order valence-corrected chi connectivity index (χ2v) is 6.94. The Bertz CT molecular complexity index is 691. The van der Waals surface area contributed by atoms with Crippen LogP contribution in [0.1, 0.15) is 22.7 Å². The summed E-state index contributed by atoms with van der Waals surface area (Å²) in [6.07, 6.45) is 1.22. The molecule has 4 heteroatoms. The number of sulfone groups is 1. The Kier molecular flexibility index (Phi) is 4.26. The maximum atomic E-state index is 11.5. The topological polar surface area (TPSA) is 46.2 Å². The average molecular weight is 289 g/mol. The molecule has 2 rings (SSSR count). The third-order valence-corrected chi connectivity index (χ3v) is 4.56. The second kappa shape index (κ2) is 5.77. The van der Waals surface area contributed by atoms with Crippen molar-refractivity contribution in [3.05, 3.63) is 65.2 Å². The number of hydrogen-bond acceptors (Lipinski definition) is 3. The highest BCUT2D eigenvalue weighted by Gasteiger charge is 2.15. The van der Waals surface area contributed by atoms with E-state index in [4.69, 9.17) is 0 Å². The molecule has 0 heterocycles. The maximum absolute atomic E-state index is 11.5. The van der Waals surface area contributed by atoms with E-state index in [1.165, 1.54) is 17.4 Å². The highest BCUT2D eigenvalue weighted by molar-refractivity contribution is 7.90. The molecule has 0 aromatic heterocycles. The third kappa shape index (κ3) is 3.08. The van der Waals surface area contributed by atoms with Crippen molar-refractivity contribution in [1.29, 1.82) is 0 Å². The summed E-state index contributed by atoms with van der Waals surface area (Å²) in [5, 5.41) is 3.28. The fourth-order valence-corrected chi connectivity index (χ4v) is 2.95. The number of benzene rings is 2. The van der Waals surface area contributed by atoms with Gasteiger partial charge >= 0.3 is 0 Å². The van der Waals surface area contributed by atoms with Crippen LogP contribution in [0.5, 0.6) is 0 Å². The van der Waals surface area contributed by atoms with Crippen LogP contribution in [0, 0.1) is 6.92 Å². The van der Waals surface area contributed by atoms with Gasteiger partial charge in [-0.1, -0.05) is 36.4 Å². The molecule has 0 amide bonds. The SMILES string of the molecule is CNC(c1ccc(S(C)(=O)=O)cc1)c1ccccc1C. The summed E-state index contributed by atoms with van der Waals surface area (Å²) in [4.78, 5) is 0.348. The molecular formula is C16H19NO2S. The summed E-state index contributed by atoms with van der Waals surface area (Å²) in [5.74, 6) is 0. The van der Waals surface area contributed by atoms with Crippen LogP contribution in [-0.2, 0) is 9.84 Å². The number of nitrogens with one attached hydrogen (secondary N) is 1. The lowest BCUT2D eigenvalue weighted by Crippen LogP contribution is -2.18. The van der Waals surface area contributed by atoms with E-state index >= 15 is 0 Å². The predicted molar refractivity (Wildman–Crippen MR) is 81.6 cm³/mol. The molecule has 0 spiro atoms. The van der Waals surface area contributed by atoms with E-state index in [1.807, 2.05) is 31.3 Å². The summed E-state index contributed by atoms with van der Waals surface area (Å²) < 4.78 is 23.0. The molecule has 0 saturated carbocycles. The van der Waals surface area contributed by atoms with Gasteiger partial charge in [-0.3, -0.25) is 0 Å². The Labute approximate surface area is 120 Å². The van der Waals surface area contributed by atoms with E-state index in [2.05, 4.69) is 24.4 Å². The van der Waals surface area contributed by atoms with Crippen LogP contribution in [0.15, 0.2) is 53.4 Å². The molecule has 106 valence electrons. The third-order valence-electron chi connectivity index (χ3n) is 3.43. The first kappa shape index (κ1) is 14.8. The highest BCUT2D eigenvalue weighted by atomic mass is 32.2. The standard InChI is InChI=1S/C16H19NO2S/c1-12-6-4-5-7-15(12)16(17-2)13-8-10-14(11-9-13)20(3,18)19/h4-11,16-17H,1-3H3. The lowest BCUT2D eigenvalue weighted by atomic mass is 9.95. The van der Waals surface area contributed by atoms with E-state index in [-0.39, 0.29) is 6.04 Å². The van der Waals surface area contributed by atoms with E-state index in [0.717, 1.165) is 5.56 Å². The minimum atomic E-state index is -3.15. The molecule has 0 saturated heterocycles. The summed E-state index contributed by atoms with van der Waals surface area (Å²) >= 11 is 0. The second-order valence-electron chi connectivity index (χ2n) is 4.92. The summed E-state index contributed by atoms with van der Waals surface area (Å²) in [6, 6.07) is 15.3. The smallest absolute Gasteiger partial charge is 0.175 e. The number of aryl methyl sites for hydroxylation is 1. The van der Waals surface area contributed by atoms with Crippen molar-refractivity contribution in [2.75, 3.05) is 13.3 Å². The van der Waals surface area contributed by atoms with Crippen LogP contribution in [0.3, 0.4) is 0 Å². The van der Waals surface area contributed by atoms with Gasteiger partial charge in [-0.25, -0.2) is 8.42 Å². The van der Waals surface area contributed by atoms with Crippen LogP contribution in [0.4, 0.5) is 0 Å². The van der Waals surface area contributed by atoms with Gasteiger partial charge in [0.15, 0.2) is 9.84 Å². The zero-order chi connectivity index (χ0) is 14.8. The Morgan fingerprint density at radius 1 is 1.00 bits per heavy atom. The van der Waals surface area contributed by atoms with Gasteiger partial charge in [0, 0.05) is 6.26 Å². The van der Waals surface area contributed by atoms with Crippen molar-refractivity contribution >= 4 is 9.84 Å². The van der Waals surface area contributed by atoms with Crippen LogP contribution < -0.4 is 5.32 Å². The van der Waals surface area contributed by atoms with E-state index in [0.29, 0.717) is 4.90 Å². The molecule has 1 unspecified atom stereocenters. The van der Waals surface area contributed by atoms with Crippen LogP contribution in [-0.4, -0.2) is 21.7 Å². The monoisotopic (exact) mass is 289 g/mol. The Morgan fingerprint density at radius 3 is 2.10 bits per heavy atom. The summed E-state index contributed by atoms with van der Waals surface area (Å²) in [7, 11) is -1.24. The number of rotatable bonds is 4. The molecule has 3 nitrogen and oxygen atoms in total. The van der Waals surface area contributed by atoms with Gasteiger partial charge in [0.05, 0.1) is 10.9 Å². The minimum absolute atomic E-state index is 0.0600. The fraction of sp³-hybridized carbons (Fsp3) is 0.250. The normalized spacial score (nSPS) is 13.2. The van der Waals surface area contributed by atoms with Crippen LogP contribution in [0.2, 0.25) is 0 Å². The zero-order valence-electron chi connectivity index (χ0n) is 11.9. The highest BCUT2D eigenvalue weighted by Crippen LogP contribution is 2.25. The zero-order valence-corrected chi connectivity index (χ0v) is 12.7. The van der Waals surface area contributed by atoms with E-state index < -0.39 is 9.84 Å². The van der Waals surface area contributed by atoms with Crippen molar-refractivity contribution in [3.63, 3.8) is 0 Å². The maximum Gasteiger partial charge on any atom is 0.175 e. The molecule has 2 aromatic rings. The first-order valence-electron chi connectivity index (χ1n) is 6.46. The molecule has 2 aromatic carbocycles.